The van der Waals surface area contributed by atoms with Crippen molar-refractivity contribution >= 4 is 11.9 Å². The molecular formula is C21H30N2O3. The van der Waals surface area contributed by atoms with E-state index in [0.29, 0.717) is 18.4 Å². The molecule has 1 aliphatic carbocycles. The summed E-state index contributed by atoms with van der Waals surface area (Å²) in [4.78, 5) is 26.4. The van der Waals surface area contributed by atoms with E-state index in [1.807, 2.05) is 12.1 Å². The van der Waals surface area contributed by atoms with Gasteiger partial charge in [0, 0.05) is 0 Å². The molecule has 142 valence electrons. The second-order valence-corrected chi connectivity index (χ2v) is 8.17. The van der Waals surface area contributed by atoms with Crippen molar-refractivity contribution in [3.63, 3.8) is 0 Å². The normalized spacial score (nSPS) is 25.9. The van der Waals surface area contributed by atoms with Crippen molar-refractivity contribution in [3.8, 4) is 5.75 Å². The Bertz CT molecular complexity index is 690. The number of hydrogen-bond acceptors (Lipinski definition) is 3. The number of aryl methyl sites for hydroxylation is 1. The summed E-state index contributed by atoms with van der Waals surface area (Å²) in [6.07, 6.45) is 3.45. The zero-order chi connectivity index (χ0) is 18.9. The first-order valence-electron chi connectivity index (χ1n) is 9.70. The number of rotatable bonds is 5. The zero-order valence-electron chi connectivity index (χ0n) is 16.3. The molecule has 0 aromatic heterocycles. The summed E-state index contributed by atoms with van der Waals surface area (Å²) in [6, 6.07) is 5.78. The van der Waals surface area contributed by atoms with E-state index in [0.717, 1.165) is 31.4 Å². The molecule has 0 radical (unpaired) electrons. The first-order chi connectivity index (χ1) is 12.3. The fourth-order valence-electron chi connectivity index (χ4n) is 4.11. The first-order valence-corrected chi connectivity index (χ1v) is 9.70. The van der Waals surface area contributed by atoms with E-state index in [1.165, 1.54) is 16.0 Å². The van der Waals surface area contributed by atoms with Gasteiger partial charge in [-0.05, 0) is 67.7 Å². The van der Waals surface area contributed by atoms with Crippen molar-refractivity contribution in [1.29, 1.82) is 0 Å². The average molecular weight is 358 g/mol. The Morgan fingerprint density at radius 3 is 2.58 bits per heavy atom. The van der Waals surface area contributed by atoms with Gasteiger partial charge in [0.2, 0.25) is 0 Å². The quantitative estimate of drug-likeness (QED) is 0.810. The second kappa shape index (κ2) is 7.29. The van der Waals surface area contributed by atoms with Gasteiger partial charge < -0.3 is 10.1 Å². The van der Waals surface area contributed by atoms with Gasteiger partial charge in [0.05, 0.1) is 6.54 Å². The third-order valence-electron chi connectivity index (χ3n) is 5.82. The van der Waals surface area contributed by atoms with Crippen LogP contribution in [0.3, 0.4) is 0 Å². The molecule has 0 bridgehead atoms. The lowest BCUT2D eigenvalue weighted by Crippen LogP contribution is -2.49. The minimum Gasteiger partial charge on any atom is -0.492 e. The summed E-state index contributed by atoms with van der Waals surface area (Å²) in [6.45, 7) is 9.21. The maximum Gasteiger partial charge on any atom is 0.325 e. The Morgan fingerprint density at radius 1 is 1.27 bits per heavy atom. The third kappa shape index (κ3) is 3.57. The molecule has 1 N–H and O–H groups in total. The summed E-state index contributed by atoms with van der Waals surface area (Å²) < 4.78 is 5.80. The van der Waals surface area contributed by atoms with Crippen molar-refractivity contribution in [2.75, 3.05) is 13.2 Å². The molecule has 3 rings (SSSR count). The lowest BCUT2D eigenvalue weighted by Gasteiger charge is -2.33. The average Bonchev–Trinajstić information content (AvgIpc) is 2.81. The van der Waals surface area contributed by atoms with Crippen molar-refractivity contribution in [3.05, 3.63) is 29.3 Å². The molecule has 3 amide bonds. The van der Waals surface area contributed by atoms with Crippen LogP contribution in [0.1, 0.15) is 63.5 Å². The zero-order valence-corrected chi connectivity index (χ0v) is 16.3. The Labute approximate surface area is 156 Å². The van der Waals surface area contributed by atoms with Gasteiger partial charge >= 0.3 is 6.03 Å². The van der Waals surface area contributed by atoms with Crippen molar-refractivity contribution in [2.45, 2.75) is 64.8 Å². The van der Waals surface area contributed by atoms with Crippen LogP contribution in [-0.4, -0.2) is 35.5 Å². The number of imide groups is 1. The van der Waals surface area contributed by atoms with Crippen LogP contribution in [0.25, 0.3) is 0 Å². The van der Waals surface area contributed by atoms with Crippen LogP contribution >= 0.6 is 0 Å². The molecule has 1 saturated carbocycles. The topological polar surface area (TPSA) is 58.6 Å². The molecule has 2 fully saturated rings. The maximum absolute atomic E-state index is 12.8. The van der Waals surface area contributed by atoms with Gasteiger partial charge in [0.15, 0.2) is 0 Å². The minimum atomic E-state index is -0.668. The minimum absolute atomic E-state index is 0.0793. The molecule has 1 aliphatic heterocycles. The number of nitrogens with zero attached hydrogens (tertiary/aromatic N) is 1. The fraction of sp³-hybridized carbons (Fsp3) is 0.619. The summed E-state index contributed by atoms with van der Waals surface area (Å²) in [5, 5.41) is 2.95. The second-order valence-electron chi connectivity index (χ2n) is 8.17. The summed E-state index contributed by atoms with van der Waals surface area (Å²) >= 11 is 0. The Balaban J connectivity index is 1.57. The number of ether oxygens (including phenoxy) is 1. The van der Waals surface area contributed by atoms with Gasteiger partial charge in [-0.15, -0.1) is 0 Å². The van der Waals surface area contributed by atoms with Crippen LogP contribution in [0.2, 0.25) is 0 Å². The Kier molecular flexibility index (Phi) is 5.26. The van der Waals surface area contributed by atoms with Crippen molar-refractivity contribution in [2.24, 2.45) is 5.92 Å². The highest BCUT2D eigenvalue weighted by atomic mass is 16.5. The van der Waals surface area contributed by atoms with Crippen LogP contribution in [-0.2, 0) is 4.79 Å². The fourth-order valence-corrected chi connectivity index (χ4v) is 4.11. The number of benzene rings is 1. The number of carbonyl (C=O) groups is 2. The maximum atomic E-state index is 12.8. The van der Waals surface area contributed by atoms with E-state index >= 15 is 0 Å². The monoisotopic (exact) mass is 358 g/mol. The lowest BCUT2D eigenvalue weighted by molar-refractivity contribution is -0.132. The van der Waals surface area contributed by atoms with Crippen LogP contribution in [0.4, 0.5) is 4.79 Å². The Morgan fingerprint density at radius 2 is 1.96 bits per heavy atom. The lowest BCUT2D eigenvalue weighted by atomic mass is 9.77. The largest absolute Gasteiger partial charge is 0.492 e. The van der Waals surface area contributed by atoms with Crippen LogP contribution in [0, 0.1) is 12.8 Å². The van der Waals surface area contributed by atoms with Crippen LogP contribution < -0.4 is 10.1 Å². The first kappa shape index (κ1) is 18.7. The number of nitrogens with one attached hydrogen (secondary N) is 1. The summed E-state index contributed by atoms with van der Waals surface area (Å²) in [5.41, 5.74) is 1.83. The van der Waals surface area contributed by atoms with E-state index in [1.54, 1.807) is 0 Å². The molecule has 1 aromatic carbocycles. The van der Waals surface area contributed by atoms with Crippen LogP contribution in [0.15, 0.2) is 18.2 Å². The number of hydrogen-bond donors (Lipinski definition) is 1. The molecule has 0 atom stereocenters. The molecule has 2 aliphatic rings. The van der Waals surface area contributed by atoms with Crippen LogP contribution in [0.5, 0.6) is 5.75 Å². The van der Waals surface area contributed by atoms with Gasteiger partial charge in [-0.25, -0.2) is 4.79 Å². The van der Waals surface area contributed by atoms with Gasteiger partial charge in [-0.3, -0.25) is 9.69 Å². The van der Waals surface area contributed by atoms with Gasteiger partial charge in [0.25, 0.3) is 5.91 Å². The molecular weight excluding hydrogens is 328 g/mol. The molecule has 1 aromatic rings. The molecule has 5 nitrogen and oxygen atoms in total. The molecule has 5 heteroatoms. The standard InChI is InChI=1S/C21H30N2O3/c1-14(2)18-6-5-17(13-16(18)4)26-12-11-23-19(24)21(22-20(23)25)9-7-15(3)8-10-21/h5-6,13-15H,7-12H2,1-4H3,(H,22,25). The molecule has 0 unspecified atom stereocenters. The molecule has 1 saturated heterocycles. The predicted octanol–water partition coefficient (Wildman–Crippen LogP) is 4.00. The van der Waals surface area contributed by atoms with E-state index < -0.39 is 5.54 Å². The van der Waals surface area contributed by atoms with Gasteiger partial charge in [0.1, 0.15) is 17.9 Å². The van der Waals surface area contributed by atoms with E-state index in [-0.39, 0.29) is 18.5 Å². The van der Waals surface area contributed by atoms with Crippen molar-refractivity contribution < 1.29 is 14.3 Å². The SMILES string of the molecule is Cc1cc(OCCN2C(=O)NC3(CCC(C)CC3)C2=O)ccc1C(C)C. The molecule has 26 heavy (non-hydrogen) atoms. The number of amides is 3. The van der Waals surface area contributed by atoms with Gasteiger partial charge in [-0.2, -0.15) is 0 Å². The molecule has 1 spiro atoms. The highest BCUT2D eigenvalue weighted by Gasteiger charge is 2.51. The van der Waals surface area contributed by atoms with E-state index in [9.17, 15) is 9.59 Å². The highest BCUT2D eigenvalue weighted by molar-refractivity contribution is 6.07. The van der Waals surface area contributed by atoms with E-state index in [4.69, 9.17) is 4.74 Å². The third-order valence-corrected chi connectivity index (χ3v) is 5.82. The highest BCUT2D eigenvalue weighted by Crippen LogP contribution is 2.36. The number of carbonyl (C=O) groups excluding carboxylic acids is 2. The van der Waals surface area contributed by atoms with Crippen molar-refractivity contribution in [1.82, 2.24) is 10.2 Å². The Hall–Kier alpha value is -2.04. The number of urea groups is 1. The van der Waals surface area contributed by atoms with Gasteiger partial charge in [-0.1, -0.05) is 26.8 Å². The molecule has 1 heterocycles. The summed E-state index contributed by atoms with van der Waals surface area (Å²) in [7, 11) is 0. The smallest absolute Gasteiger partial charge is 0.325 e. The van der Waals surface area contributed by atoms with E-state index in [2.05, 4.69) is 39.1 Å². The predicted molar refractivity (Wildman–Crippen MR) is 101 cm³/mol. The summed E-state index contributed by atoms with van der Waals surface area (Å²) in [5.74, 6) is 1.80.